The monoisotopic (exact) mass is 281 g/mol. The number of rotatable bonds is 2. The number of hydrogen-bond donors (Lipinski definition) is 0. The van der Waals surface area contributed by atoms with Crippen LogP contribution >= 0.6 is 15.9 Å². The standard InChI is InChI=1S/C13H16BrNO/c1-9(14)7-11-3-4-13-12(8-11)5-6-15(13)10(2)16/h3-4,8-9H,5-7H2,1-2H3/t9-/m1/s1. The lowest BCUT2D eigenvalue weighted by Gasteiger charge is -2.15. The van der Waals surface area contributed by atoms with Gasteiger partial charge in [0.05, 0.1) is 0 Å². The topological polar surface area (TPSA) is 20.3 Å². The molecule has 1 aromatic rings. The Kier molecular flexibility index (Phi) is 3.33. The number of amides is 1. The Balaban J connectivity index is 2.25. The van der Waals surface area contributed by atoms with Gasteiger partial charge >= 0.3 is 0 Å². The maximum Gasteiger partial charge on any atom is 0.223 e. The Hall–Kier alpha value is -0.830. The van der Waals surface area contributed by atoms with Crippen LogP contribution in [0, 0.1) is 0 Å². The minimum atomic E-state index is 0.139. The number of benzene rings is 1. The highest BCUT2D eigenvalue weighted by Gasteiger charge is 2.21. The molecule has 0 fully saturated rings. The molecular formula is C13H16BrNO. The van der Waals surface area contributed by atoms with Crippen LogP contribution in [-0.2, 0) is 17.6 Å². The van der Waals surface area contributed by atoms with Crippen molar-refractivity contribution in [2.75, 3.05) is 11.4 Å². The number of anilines is 1. The number of halogens is 1. The Morgan fingerprint density at radius 3 is 2.94 bits per heavy atom. The number of fused-ring (bicyclic) bond motifs is 1. The third kappa shape index (κ3) is 2.29. The van der Waals surface area contributed by atoms with Crippen molar-refractivity contribution in [3.05, 3.63) is 29.3 Å². The van der Waals surface area contributed by atoms with Crippen molar-refractivity contribution in [1.82, 2.24) is 0 Å². The number of hydrogen-bond acceptors (Lipinski definition) is 1. The third-order valence-corrected chi connectivity index (χ3v) is 3.26. The zero-order valence-corrected chi connectivity index (χ0v) is 11.3. The van der Waals surface area contributed by atoms with Gasteiger partial charge < -0.3 is 4.90 Å². The zero-order chi connectivity index (χ0) is 11.7. The maximum absolute atomic E-state index is 11.4. The molecule has 1 aromatic carbocycles. The summed E-state index contributed by atoms with van der Waals surface area (Å²) in [6.07, 6.45) is 2.02. The van der Waals surface area contributed by atoms with Crippen LogP contribution in [0.4, 0.5) is 5.69 Å². The molecule has 1 heterocycles. The van der Waals surface area contributed by atoms with E-state index in [1.54, 1.807) is 6.92 Å². The second-order valence-corrected chi connectivity index (χ2v) is 5.93. The van der Waals surface area contributed by atoms with Crippen LogP contribution in [-0.4, -0.2) is 17.3 Å². The van der Waals surface area contributed by atoms with Crippen LogP contribution in [0.15, 0.2) is 18.2 Å². The number of nitrogens with zero attached hydrogens (tertiary/aromatic N) is 1. The minimum Gasteiger partial charge on any atom is -0.312 e. The highest BCUT2D eigenvalue weighted by atomic mass is 79.9. The Morgan fingerprint density at radius 1 is 1.56 bits per heavy atom. The van der Waals surface area contributed by atoms with E-state index in [9.17, 15) is 4.79 Å². The normalized spacial score (nSPS) is 16.1. The van der Waals surface area contributed by atoms with Crippen molar-refractivity contribution in [3.63, 3.8) is 0 Å². The first-order chi connectivity index (χ1) is 7.58. The van der Waals surface area contributed by atoms with Gasteiger partial charge in [-0.05, 0) is 30.0 Å². The summed E-state index contributed by atoms with van der Waals surface area (Å²) in [5.74, 6) is 0.139. The molecule has 3 heteroatoms. The van der Waals surface area contributed by atoms with E-state index in [1.807, 2.05) is 4.90 Å². The fraction of sp³-hybridized carbons (Fsp3) is 0.462. The lowest BCUT2D eigenvalue weighted by atomic mass is 10.1. The lowest BCUT2D eigenvalue weighted by Crippen LogP contribution is -2.25. The lowest BCUT2D eigenvalue weighted by molar-refractivity contribution is -0.116. The predicted octanol–water partition coefficient (Wildman–Crippen LogP) is 2.92. The molecule has 0 radical (unpaired) electrons. The van der Waals surface area contributed by atoms with Gasteiger partial charge in [-0.3, -0.25) is 4.79 Å². The van der Waals surface area contributed by atoms with Crippen LogP contribution in [0.25, 0.3) is 0 Å². The van der Waals surface area contributed by atoms with Gasteiger partial charge in [-0.25, -0.2) is 0 Å². The quantitative estimate of drug-likeness (QED) is 0.764. The summed E-state index contributed by atoms with van der Waals surface area (Å²) >= 11 is 3.56. The fourth-order valence-electron chi connectivity index (χ4n) is 2.23. The molecule has 2 rings (SSSR count). The number of carbonyl (C=O) groups is 1. The van der Waals surface area contributed by atoms with Crippen molar-refractivity contribution in [3.8, 4) is 0 Å². The molecule has 0 aromatic heterocycles. The molecule has 1 atom stereocenters. The number of alkyl halides is 1. The highest BCUT2D eigenvalue weighted by molar-refractivity contribution is 9.09. The second-order valence-electron chi connectivity index (χ2n) is 4.37. The van der Waals surface area contributed by atoms with Gasteiger partial charge in [0, 0.05) is 24.0 Å². The molecule has 2 nitrogen and oxygen atoms in total. The first-order valence-electron chi connectivity index (χ1n) is 5.62. The summed E-state index contributed by atoms with van der Waals surface area (Å²) in [5, 5.41) is 0. The molecule has 0 unspecified atom stereocenters. The van der Waals surface area contributed by atoms with Gasteiger partial charge in [-0.1, -0.05) is 35.0 Å². The smallest absolute Gasteiger partial charge is 0.223 e. The first-order valence-corrected chi connectivity index (χ1v) is 6.53. The van der Waals surface area contributed by atoms with Crippen LogP contribution in [0.3, 0.4) is 0 Å². The fourth-order valence-corrected chi connectivity index (χ4v) is 2.61. The van der Waals surface area contributed by atoms with Gasteiger partial charge in [-0.2, -0.15) is 0 Å². The summed E-state index contributed by atoms with van der Waals surface area (Å²) in [4.78, 5) is 13.7. The molecule has 0 aliphatic carbocycles. The molecule has 1 aliphatic rings. The molecule has 16 heavy (non-hydrogen) atoms. The van der Waals surface area contributed by atoms with E-state index in [0.29, 0.717) is 4.83 Å². The average Bonchev–Trinajstić information content (AvgIpc) is 2.59. The van der Waals surface area contributed by atoms with Crippen molar-refractivity contribution < 1.29 is 4.79 Å². The average molecular weight is 282 g/mol. The van der Waals surface area contributed by atoms with E-state index in [-0.39, 0.29) is 5.91 Å². The van der Waals surface area contributed by atoms with E-state index in [4.69, 9.17) is 0 Å². The van der Waals surface area contributed by atoms with Gasteiger partial charge in [0.1, 0.15) is 0 Å². The van der Waals surface area contributed by atoms with E-state index in [0.717, 1.165) is 25.1 Å². The predicted molar refractivity (Wildman–Crippen MR) is 70.3 cm³/mol. The summed E-state index contributed by atoms with van der Waals surface area (Å²) in [6.45, 7) is 4.61. The first kappa shape index (κ1) is 11.6. The highest BCUT2D eigenvalue weighted by Crippen LogP contribution is 2.29. The van der Waals surface area contributed by atoms with Crippen molar-refractivity contribution in [1.29, 1.82) is 0 Å². The van der Waals surface area contributed by atoms with Gasteiger partial charge in [0.15, 0.2) is 0 Å². The van der Waals surface area contributed by atoms with Crippen LogP contribution in [0.1, 0.15) is 25.0 Å². The Labute approximate surface area is 105 Å². The van der Waals surface area contributed by atoms with Crippen molar-refractivity contribution >= 4 is 27.5 Å². The molecule has 0 N–H and O–H groups in total. The number of carbonyl (C=O) groups excluding carboxylic acids is 1. The van der Waals surface area contributed by atoms with E-state index < -0.39 is 0 Å². The van der Waals surface area contributed by atoms with Crippen LogP contribution in [0.2, 0.25) is 0 Å². The van der Waals surface area contributed by atoms with Gasteiger partial charge in [0.25, 0.3) is 0 Å². The molecular weight excluding hydrogens is 266 g/mol. The summed E-state index contributed by atoms with van der Waals surface area (Å²) < 4.78 is 0. The third-order valence-electron chi connectivity index (χ3n) is 2.94. The van der Waals surface area contributed by atoms with E-state index in [1.165, 1.54) is 11.1 Å². The summed E-state index contributed by atoms with van der Waals surface area (Å²) in [6, 6.07) is 6.43. The van der Waals surface area contributed by atoms with Crippen molar-refractivity contribution in [2.45, 2.75) is 31.5 Å². The maximum atomic E-state index is 11.4. The Bertz CT molecular complexity index is 414. The second kappa shape index (κ2) is 4.58. The SMILES string of the molecule is CC(=O)N1CCc2cc(C[C@@H](C)Br)ccc21. The van der Waals surface area contributed by atoms with Crippen LogP contribution in [0.5, 0.6) is 0 Å². The van der Waals surface area contributed by atoms with E-state index in [2.05, 4.69) is 41.1 Å². The van der Waals surface area contributed by atoms with Gasteiger partial charge in [-0.15, -0.1) is 0 Å². The summed E-state index contributed by atoms with van der Waals surface area (Å²) in [5.41, 5.74) is 3.74. The largest absolute Gasteiger partial charge is 0.312 e. The molecule has 0 spiro atoms. The van der Waals surface area contributed by atoms with E-state index >= 15 is 0 Å². The van der Waals surface area contributed by atoms with Crippen molar-refractivity contribution in [2.24, 2.45) is 0 Å². The minimum absolute atomic E-state index is 0.139. The molecule has 0 saturated carbocycles. The zero-order valence-electron chi connectivity index (χ0n) is 9.66. The Morgan fingerprint density at radius 2 is 2.31 bits per heavy atom. The molecule has 86 valence electrons. The molecule has 1 aliphatic heterocycles. The molecule has 0 saturated heterocycles. The van der Waals surface area contributed by atoms with Gasteiger partial charge in [0.2, 0.25) is 5.91 Å². The molecule has 1 amide bonds. The molecule has 0 bridgehead atoms. The summed E-state index contributed by atoms with van der Waals surface area (Å²) in [7, 11) is 0. The van der Waals surface area contributed by atoms with Crippen LogP contribution < -0.4 is 4.90 Å².